The Morgan fingerprint density at radius 3 is 2.32 bits per heavy atom. The summed E-state index contributed by atoms with van der Waals surface area (Å²) in [4.78, 5) is 54.6. The first kappa shape index (κ1) is 29.7. The quantitative estimate of drug-likeness (QED) is 0.274. The molecule has 0 unspecified atom stereocenters. The SMILES string of the molecule is CN(C(=O)[C@@H](NC(=O)[C@H](CC1CCCC1)CN(O)C=O)C(C)(C)C)C1CCN(C(=O)c2cccn2C)CC1. The molecule has 1 aliphatic carbocycles. The van der Waals surface area contributed by atoms with Gasteiger partial charge >= 0.3 is 0 Å². The van der Waals surface area contributed by atoms with Gasteiger partial charge in [-0.15, -0.1) is 0 Å². The predicted octanol–water partition coefficient (Wildman–Crippen LogP) is 2.66. The van der Waals surface area contributed by atoms with E-state index in [1.807, 2.05) is 55.6 Å². The molecule has 38 heavy (non-hydrogen) atoms. The smallest absolute Gasteiger partial charge is 0.270 e. The number of piperidine rings is 1. The molecule has 1 aliphatic heterocycles. The summed E-state index contributed by atoms with van der Waals surface area (Å²) in [6.45, 7) is 6.77. The molecule has 2 N–H and O–H groups in total. The van der Waals surface area contributed by atoms with E-state index in [1.165, 1.54) is 0 Å². The molecule has 10 nitrogen and oxygen atoms in total. The highest BCUT2D eigenvalue weighted by molar-refractivity contribution is 5.93. The molecule has 0 bridgehead atoms. The van der Waals surface area contributed by atoms with E-state index in [4.69, 9.17) is 0 Å². The van der Waals surface area contributed by atoms with Crippen molar-refractivity contribution in [1.29, 1.82) is 0 Å². The molecule has 212 valence electrons. The maximum atomic E-state index is 13.7. The largest absolute Gasteiger partial charge is 0.347 e. The number of rotatable bonds is 10. The Hall–Kier alpha value is -2.88. The highest BCUT2D eigenvalue weighted by atomic mass is 16.5. The summed E-state index contributed by atoms with van der Waals surface area (Å²) in [5.74, 6) is -0.716. The second-order valence-electron chi connectivity index (χ2n) is 12.1. The maximum absolute atomic E-state index is 13.7. The molecule has 2 fully saturated rings. The van der Waals surface area contributed by atoms with E-state index >= 15 is 0 Å². The van der Waals surface area contributed by atoms with Gasteiger partial charge in [0.05, 0.1) is 12.5 Å². The second-order valence-corrected chi connectivity index (χ2v) is 12.1. The molecule has 1 aromatic heterocycles. The van der Waals surface area contributed by atoms with Crippen LogP contribution in [-0.2, 0) is 21.4 Å². The van der Waals surface area contributed by atoms with Gasteiger partial charge in [-0.1, -0.05) is 46.5 Å². The molecule has 4 amide bonds. The van der Waals surface area contributed by atoms with Crippen molar-refractivity contribution in [2.24, 2.45) is 24.3 Å². The van der Waals surface area contributed by atoms with Crippen molar-refractivity contribution in [2.75, 3.05) is 26.7 Å². The molecule has 0 spiro atoms. The molecule has 2 atom stereocenters. The third-order valence-electron chi connectivity index (χ3n) is 8.20. The number of nitrogens with one attached hydrogen (secondary N) is 1. The molecular formula is C28H45N5O5. The first-order valence-electron chi connectivity index (χ1n) is 13.8. The van der Waals surface area contributed by atoms with Crippen molar-refractivity contribution >= 4 is 24.1 Å². The molecule has 0 radical (unpaired) electrons. The van der Waals surface area contributed by atoms with Gasteiger partial charge < -0.3 is 19.7 Å². The van der Waals surface area contributed by atoms with Gasteiger partial charge in [0.2, 0.25) is 18.2 Å². The maximum Gasteiger partial charge on any atom is 0.270 e. The zero-order valence-electron chi connectivity index (χ0n) is 23.6. The summed E-state index contributed by atoms with van der Waals surface area (Å²) < 4.78 is 1.81. The molecule has 2 heterocycles. The van der Waals surface area contributed by atoms with Crippen molar-refractivity contribution in [2.45, 2.75) is 77.8 Å². The predicted molar refractivity (Wildman–Crippen MR) is 143 cm³/mol. The van der Waals surface area contributed by atoms with Crippen LogP contribution in [0.4, 0.5) is 0 Å². The van der Waals surface area contributed by atoms with Gasteiger partial charge in [-0.3, -0.25) is 24.4 Å². The number of carbonyl (C=O) groups excluding carboxylic acids is 4. The first-order valence-corrected chi connectivity index (χ1v) is 13.8. The van der Waals surface area contributed by atoms with Gasteiger partial charge in [0, 0.05) is 39.4 Å². The lowest BCUT2D eigenvalue weighted by atomic mass is 9.84. The van der Waals surface area contributed by atoms with Crippen LogP contribution >= 0.6 is 0 Å². The number of aromatic nitrogens is 1. The number of hydroxylamine groups is 2. The topological polar surface area (TPSA) is 115 Å². The normalized spacial score (nSPS) is 18.6. The molecule has 1 saturated carbocycles. The summed E-state index contributed by atoms with van der Waals surface area (Å²) >= 11 is 0. The van der Waals surface area contributed by atoms with Gasteiger partial charge in [-0.2, -0.15) is 0 Å². The van der Waals surface area contributed by atoms with Crippen molar-refractivity contribution in [1.82, 2.24) is 24.7 Å². The fourth-order valence-electron chi connectivity index (χ4n) is 5.78. The lowest BCUT2D eigenvalue weighted by molar-refractivity contribution is -0.156. The minimum absolute atomic E-state index is 0.00804. The van der Waals surface area contributed by atoms with Crippen LogP contribution in [0.3, 0.4) is 0 Å². The van der Waals surface area contributed by atoms with Gasteiger partial charge in [0.1, 0.15) is 11.7 Å². The Bertz CT molecular complexity index is 973. The minimum atomic E-state index is -0.766. The number of aryl methyl sites for hydroxylation is 1. The van der Waals surface area contributed by atoms with Crippen molar-refractivity contribution < 1.29 is 24.4 Å². The van der Waals surface area contributed by atoms with Gasteiger partial charge in [-0.05, 0) is 42.7 Å². The van der Waals surface area contributed by atoms with Crippen molar-refractivity contribution in [3.8, 4) is 0 Å². The lowest BCUT2D eigenvalue weighted by Crippen LogP contribution is -2.58. The van der Waals surface area contributed by atoms with E-state index in [1.54, 1.807) is 11.9 Å². The van der Waals surface area contributed by atoms with Crippen LogP contribution in [0, 0.1) is 17.3 Å². The number of likely N-dealkylation sites (tertiary alicyclic amines) is 1. The van der Waals surface area contributed by atoms with Crippen LogP contribution in [0.5, 0.6) is 0 Å². The summed E-state index contributed by atoms with van der Waals surface area (Å²) in [5.41, 5.74) is 0.0950. The molecule has 0 aromatic carbocycles. The minimum Gasteiger partial charge on any atom is -0.347 e. The first-order chi connectivity index (χ1) is 17.9. The van der Waals surface area contributed by atoms with Gasteiger partial charge in [0.25, 0.3) is 5.91 Å². The number of nitrogens with zero attached hydrogens (tertiary/aromatic N) is 4. The number of hydrogen-bond donors (Lipinski definition) is 2. The Balaban J connectivity index is 1.65. The average Bonchev–Trinajstić information content (AvgIpc) is 3.56. The van der Waals surface area contributed by atoms with Crippen LogP contribution in [-0.4, -0.2) is 87.5 Å². The number of carbonyl (C=O) groups is 4. The van der Waals surface area contributed by atoms with Crippen LogP contribution in [0.25, 0.3) is 0 Å². The van der Waals surface area contributed by atoms with Crippen LogP contribution < -0.4 is 5.32 Å². The fraction of sp³-hybridized carbons (Fsp3) is 0.714. The Labute approximate surface area is 226 Å². The van der Waals surface area contributed by atoms with Crippen LogP contribution in [0.15, 0.2) is 18.3 Å². The number of likely N-dealkylation sites (N-methyl/N-ethyl adjacent to an activating group) is 1. The highest BCUT2D eigenvalue weighted by Crippen LogP contribution is 2.31. The molecule has 3 rings (SSSR count). The van der Waals surface area contributed by atoms with Gasteiger partial charge in [-0.25, -0.2) is 5.06 Å². The summed E-state index contributed by atoms with van der Waals surface area (Å²) in [5, 5.41) is 13.3. The van der Waals surface area contributed by atoms with Gasteiger partial charge in [0.15, 0.2) is 0 Å². The van der Waals surface area contributed by atoms with E-state index in [0.29, 0.717) is 55.4 Å². The Morgan fingerprint density at radius 2 is 1.79 bits per heavy atom. The van der Waals surface area contributed by atoms with Crippen molar-refractivity contribution in [3.63, 3.8) is 0 Å². The lowest BCUT2D eigenvalue weighted by Gasteiger charge is -2.40. The van der Waals surface area contributed by atoms with Crippen LogP contribution in [0.1, 0.15) is 76.2 Å². The van der Waals surface area contributed by atoms with Crippen molar-refractivity contribution in [3.05, 3.63) is 24.0 Å². The summed E-state index contributed by atoms with van der Waals surface area (Å²) in [7, 11) is 3.62. The molecule has 1 aromatic rings. The van der Waals surface area contributed by atoms with E-state index in [9.17, 15) is 24.4 Å². The zero-order valence-corrected chi connectivity index (χ0v) is 23.6. The monoisotopic (exact) mass is 531 g/mol. The number of hydrogen-bond acceptors (Lipinski definition) is 5. The standard InChI is InChI=1S/C28H45N5O5/c1-28(2,3)24(29-25(35)21(18-33(38)19-34)17-20-9-6-7-10-20)27(37)31(5)22-12-15-32(16-13-22)26(36)23-11-8-14-30(23)4/h8,11,14,19-22,24,38H,6-7,9-10,12-13,15-18H2,1-5H3,(H,29,35)/t21-,24-/m1/s1. The molecular weight excluding hydrogens is 486 g/mol. The fourth-order valence-corrected chi connectivity index (χ4v) is 5.78. The highest BCUT2D eigenvalue weighted by Gasteiger charge is 2.39. The van der Waals surface area contributed by atoms with E-state index in [0.717, 1.165) is 25.7 Å². The van der Waals surface area contributed by atoms with E-state index in [2.05, 4.69) is 5.32 Å². The summed E-state index contributed by atoms with van der Waals surface area (Å²) in [6.07, 6.45) is 8.37. The summed E-state index contributed by atoms with van der Waals surface area (Å²) in [6, 6.07) is 2.85. The second kappa shape index (κ2) is 12.8. The molecule has 1 saturated heterocycles. The third kappa shape index (κ3) is 7.36. The van der Waals surface area contributed by atoms with Crippen LogP contribution in [0.2, 0.25) is 0 Å². The zero-order chi connectivity index (χ0) is 28.0. The molecule has 10 heteroatoms. The number of amides is 4. The van der Waals surface area contributed by atoms with E-state index < -0.39 is 17.4 Å². The molecule has 2 aliphatic rings. The Kier molecular flexibility index (Phi) is 9.98. The third-order valence-corrected chi connectivity index (χ3v) is 8.20. The Morgan fingerprint density at radius 1 is 1.16 bits per heavy atom. The average molecular weight is 532 g/mol. The van der Waals surface area contributed by atoms with E-state index in [-0.39, 0.29) is 30.3 Å².